The van der Waals surface area contributed by atoms with Crippen molar-refractivity contribution >= 4 is 17.5 Å². The molecule has 1 aromatic rings. The lowest BCUT2D eigenvalue weighted by molar-refractivity contribution is 0.0952. The molecule has 0 saturated carbocycles. The van der Waals surface area contributed by atoms with Gasteiger partial charge in [-0.15, -0.1) is 0 Å². The van der Waals surface area contributed by atoms with Crippen LogP contribution in [0.3, 0.4) is 0 Å². The molecule has 0 atom stereocenters. The number of hydrogen-bond donors (Lipinski definition) is 2. The molecule has 5 nitrogen and oxygen atoms in total. The van der Waals surface area contributed by atoms with E-state index in [2.05, 4.69) is 5.32 Å². The lowest BCUT2D eigenvalue weighted by atomic mass is 10.1. The van der Waals surface area contributed by atoms with Crippen LogP contribution in [0.1, 0.15) is 37.0 Å². The predicted molar refractivity (Wildman–Crippen MR) is 89.0 cm³/mol. The zero-order valence-corrected chi connectivity index (χ0v) is 14.2. The average molecular weight is 329 g/mol. The van der Waals surface area contributed by atoms with Crippen LogP contribution in [0.15, 0.2) is 12.1 Å². The van der Waals surface area contributed by atoms with E-state index in [1.807, 2.05) is 13.8 Å². The lowest BCUT2D eigenvalue weighted by Gasteiger charge is -2.15. The van der Waals surface area contributed by atoms with Crippen molar-refractivity contribution in [2.45, 2.75) is 26.7 Å². The predicted octanol–water partition coefficient (Wildman–Crippen LogP) is 2.85. The van der Waals surface area contributed by atoms with E-state index < -0.39 is 0 Å². The number of carbonyl (C=O) groups is 1. The standard InChI is InChI=1S/C16H25ClN2O3/c1-11(2)10-22-15-13(17)8-12(9-14(15)21-3)16(20)19-7-5-4-6-18/h8-9,11H,4-7,10,18H2,1-3H3,(H,19,20). The molecule has 0 spiro atoms. The first-order valence-electron chi connectivity index (χ1n) is 7.48. The Labute approximate surface area is 137 Å². The summed E-state index contributed by atoms with van der Waals surface area (Å²) in [4.78, 5) is 12.1. The third kappa shape index (κ3) is 5.73. The summed E-state index contributed by atoms with van der Waals surface area (Å²) < 4.78 is 11.0. The van der Waals surface area contributed by atoms with Crippen LogP contribution in [0, 0.1) is 5.92 Å². The van der Waals surface area contributed by atoms with Crippen molar-refractivity contribution in [2.24, 2.45) is 11.7 Å². The van der Waals surface area contributed by atoms with Gasteiger partial charge in [0.1, 0.15) is 0 Å². The normalized spacial score (nSPS) is 10.6. The number of unbranched alkanes of at least 4 members (excludes halogenated alkanes) is 1. The van der Waals surface area contributed by atoms with Crippen LogP contribution >= 0.6 is 11.6 Å². The molecule has 0 aromatic heterocycles. The lowest BCUT2D eigenvalue weighted by Crippen LogP contribution is -2.25. The molecule has 22 heavy (non-hydrogen) atoms. The van der Waals surface area contributed by atoms with Gasteiger partial charge in [-0.3, -0.25) is 4.79 Å². The largest absolute Gasteiger partial charge is 0.493 e. The summed E-state index contributed by atoms with van der Waals surface area (Å²) in [6.45, 7) is 5.83. The van der Waals surface area contributed by atoms with Crippen molar-refractivity contribution in [3.8, 4) is 11.5 Å². The summed E-state index contributed by atoms with van der Waals surface area (Å²) in [6, 6.07) is 3.23. The number of carbonyl (C=O) groups excluding carboxylic acids is 1. The van der Waals surface area contributed by atoms with E-state index in [1.54, 1.807) is 12.1 Å². The molecule has 1 rings (SSSR count). The van der Waals surface area contributed by atoms with Crippen LogP contribution in [0.5, 0.6) is 11.5 Å². The van der Waals surface area contributed by atoms with Crippen LogP contribution in [0.2, 0.25) is 5.02 Å². The summed E-state index contributed by atoms with van der Waals surface area (Å²) in [5.74, 6) is 1.11. The van der Waals surface area contributed by atoms with E-state index in [-0.39, 0.29) is 5.91 Å². The minimum Gasteiger partial charge on any atom is -0.493 e. The minimum atomic E-state index is -0.187. The first-order valence-corrected chi connectivity index (χ1v) is 7.86. The molecule has 0 bridgehead atoms. The maximum atomic E-state index is 12.1. The number of amides is 1. The monoisotopic (exact) mass is 328 g/mol. The van der Waals surface area contributed by atoms with Crippen LogP contribution in [0.25, 0.3) is 0 Å². The molecule has 0 heterocycles. The zero-order chi connectivity index (χ0) is 16.5. The first-order chi connectivity index (χ1) is 10.5. The fourth-order valence-corrected chi connectivity index (χ4v) is 2.08. The molecule has 124 valence electrons. The average Bonchev–Trinajstić information content (AvgIpc) is 2.49. The second-order valence-electron chi connectivity index (χ2n) is 5.45. The van der Waals surface area contributed by atoms with Crippen molar-refractivity contribution < 1.29 is 14.3 Å². The number of hydrogen-bond acceptors (Lipinski definition) is 4. The van der Waals surface area contributed by atoms with Gasteiger partial charge >= 0.3 is 0 Å². The molecule has 6 heteroatoms. The van der Waals surface area contributed by atoms with Crippen molar-refractivity contribution in [1.29, 1.82) is 0 Å². The Morgan fingerprint density at radius 3 is 2.68 bits per heavy atom. The van der Waals surface area contributed by atoms with Crippen molar-refractivity contribution in [2.75, 3.05) is 26.8 Å². The molecular formula is C16H25ClN2O3. The van der Waals surface area contributed by atoms with Crippen LogP contribution in [-0.2, 0) is 0 Å². The topological polar surface area (TPSA) is 73.6 Å². The number of ether oxygens (including phenoxy) is 2. The molecule has 3 N–H and O–H groups in total. The van der Waals surface area contributed by atoms with Gasteiger partial charge in [0.15, 0.2) is 11.5 Å². The van der Waals surface area contributed by atoms with Gasteiger partial charge in [0.2, 0.25) is 0 Å². The highest BCUT2D eigenvalue weighted by Gasteiger charge is 2.16. The summed E-state index contributed by atoms with van der Waals surface area (Å²) in [6.07, 6.45) is 1.73. The van der Waals surface area contributed by atoms with E-state index in [1.165, 1.54) is 7.11 Å². The summed E-state index contributed by atoms with van der Waals surface area (Å²) >= 11 is 6.22. The van der Waals surface area contributed by atoms with Crippen LogP contribution in [0.4, 0.5) is 0 Å². The second kappa shape index (κ2) is 9.54. The van der Waals surface area contributed by atoms with Gasteiger partial charge in [-0.2, -0.15) is 0 Å². The summed E-state index contributed by atoms with van der Waals surface area (Å²) in [5, 5.41) is 3.20. The van der Waals surface area contributed by atoms with E-state index in [9.17, 15) is 4.79 Å². The van der Waals surface area contributed by atoms with Gasteiger partial charge in [-0.05, 0) is 37.4 Å². The molecule has 0 aliphatic rings. The Hall–Kier alpha value is -1.46. The number of halogens is 1. The Bertz CT molecular complexity index is 493. The summed E-state index contributed by atoms with van der Waals surface area (Å²) in [7, 11) is 1.52. The molecule has 0 radical (unpaired) electrons. The number of benzene rings is 1. The Balaban J connectivity index is 2.81. The van der Waals surface area contributed by atoms with Crippen molar-refractivity contribution in [1.82, 2.24) is 5.32 Å². The quantitative estimate of drug-likeness (QED) is 0.684. The SMILES string of the molecule is COc1cc(C(=O)NCCCCN)cc(Cl)c1OCC(C)C. The molecule has 0 fully saturated rings. The van der Waals surface area contributed by atoms with Gasteiger partial charge in [0.25, 0.3) is 5.91 Å². The van der Waals surface area contributed by atoms with E-state index in [0.29, 0.717) is 47.7 Å². The third-order valence-electron chi connectivity index (χ3n) is 2.97. The number of rotatable bonds is 9. The maximum Gasteiger partial charge on any atom is 0.251 e. The smallest absolute Gasteiger partial charge is 0.251 e. The van der Waals surface area contributed by atoms with Crippen molar-refractivity contribution in [3.63, 3.8) is 0 Å². The van der Waals surface area contributed by atoms with Crippen molar-refractivity contribution in [3.05, 3.63) is 22.7 Å². The number of nitrogens with two attached hydrogens (primary N) is 1. The molecule has 0 unspecified atom stereocenters. The zero-order valence-electron chi connectivity index (χ0n) is 13.4. The van der Waals surface area contributed by atoms with Crippen LogP contribution < -0.4 is 20.5 Å². The first kappa shape index (κ1) is 18.6. The highest BCUT2D eigenvalue weighted by Crippen LogP contribution is 2.36. The maximum absolute atomic E-state index is 12.1. The molecule has 0 saturated heterocycles. The Morgan fingerprint density at radius 2 is 2.09 bits per heavy atom. The van der Waals surface area contributed by atoms with Gasteiger partial charge in [-0.1, -0.05) is 25.4 Å². The Kier molecular flexibility index (Phi) is 8.06. The molecule has 0 aliphatic carbocycles. The Morgan fingerprint density at radius 1 is 1.36 bits per heavy atom. The molecule has 1 aromatic carbocycles. The summed E-state index contributed by atoms with van der Waals surface area (Å²) in [5.41, 5.74) is 5.87. The number of methoxy groups -OCH3 is 1. The molecule has 1 amide bonds. The fourth-order valence-electron chi connectivity index (χ4n) is 1.81. The highest BCUT2D eigenvalue weighted by atomic mass is 35.5. The highest BCUT2D eigenvalue weighted by molar-refractivity contribution is 6.32. The van der Waals surface area contributed by atoms with Gasteiger partial charge in [0, 0.05) is 12.1 Å². The van der Waals surface area contributed by atoms with E-state index in [0.717, 1.165) is 12.8 Å². The third-order valence-corrected chi connectivity index (χ3v) is 3.25. The fraction of sp³-hybridized carbons (Fsp3) is 0.562. The van der Waals surface area contributed by atoms with Crippen LogP contribution in [-0.4, -0.2) is 32.7 Å². The number of nitrogens with one attached hydrogen (secondary N) is 1. The molecule has 0 aliphatic heterocycles. The van der Waals surface area contributed by atoms with E-state index in [4.69, 9.17) is 26.8 Å². The van der Waals surface area contributed by atoms with Gasteiger partial charge in [0.05, 0.1) is 18.7 Å². The van der Waals surface area contributed by atoms with E-state index >= 15 is 0 Å². The van der Waals surface area contributed by atoms with Gasteiger partial charge in [-0.25, -0.2) is 0 Å². The van der Waals surface area contributed by atoms with Gasteiger partial charge < -0.3 is 20.5 Å². The minimum absolute atomic E-state index is 0.187. The second-order valence-corrected chi connectivity index (χ2v) is 5.85. The molecular weight excluding hydrogens is 304 g/mol.